The van der Waals surface area contributed by atoms with Gasteiger partial charge in [0.15, 0.2) is 0 Å². The molecular weight excluding hydrogens is 210 g/mol. The Morgan fingerprint density at radius 3 is 1.94 bits per heavy atom. The second kappa shape index (κ2) is 7.30. The summed E-state index contributed by atoms with van der Waals surface area (Å²) in [4.78, 5) is 2.09. The number of nitrogens with zero attached hydrogens (tertiary/aromatic N) is 3. The minimum absolute atomic E-state index is 0.487. The Bertz CT molecular complexity index is 391. The number of rotatable bonds is 6. The van der Waals surface area contributed by atoms with Gasteiger partial charge in [-0.25, -0.2) is 0 Å². The molecule has 17 heavy (non-hydrogen) atoms. The van der Waals surface area contributed by atoms with Crippen LogP contribution in [0.1, 0.15) is 25.3 Å². The topological polar surface area (TPSA) is 50.8 Å². The molecule has 0 aromatic heterocycles. The average Bonchev–Trinajstić information content (AvgIpc) is 2.39. The van der Waals surface area contributed by atoms with Crippen molar-refractivity contribution in [2.24, 2.45) is 0 Å². The van der Waals surface area contributed by atoms with E-state index in [1.807, 2.05) is 0 Å². The predicted octanol–water partition coefficient (Wildman–Crippen LogP) is 2.88. The van der Waals surface area contributed by atoms with Gasteiger partial charge in [-0.3, -0.25) is 0 Å². The maximum absolute atomic E-state index is 8.63. The highest BCUT2D eigenvalue weighted by Gasteiger charge is 2.05. The first kappa shape index (κ1) is 13.1. The van der Waals surface area contributed by atoms with Crippen molar-refractivity contribution >= 4 is 5.69 Å². The lowest BCUT2D eigenvalue weighted by molar-refractivity contribution is 0.796. The van der Waals surface area contributed by atoms with Gasteiger partial charge in [0.2, 0.25) is 0 Å². The summed E-state index contributed by atoms with van der Waals surface area (Å²) in [6.07, 6.45) is 2.00. The van der Waals surface area contributed by atoms with Gasteiger partial charge in [0, 0.05) is 18.8 Å². The molecule has 0 amide bonds. The molecule has 0 N–H and O–H groups in total. The fourth-order valence-electron chi connectivity index (χ4n) is 1.68. The van der Waals surface area contributed by atoms with Gasteiger partial charge in [-0.1, -0.05) is 19.1 Å². The van der Waals surface area contributed by atoms with Gasteiger partial charge >= 0.3 is 0 Å². The molecule has 3 heteroatoms. The second-order valence-corrected chi connectivity index (χ2v) is 3.82. The zero-order valence-corrected chi connectivity index (χ0v) is 10.2. The Kier molecular flexibility index (Phi) is 5.61. The maximum Gasteiger partial charge on any atom is 0.0640 e. The highest BCUT2D eigenvalue weighted by atomic mass is 15.1. The van der Waals surface area contributed by atoms with Gasteiger partial charge in [-0.05, 0) is 24.1 Å². The van der Waals surface area contributed by atoms with Crippen molar-refractivity contribution in [2.75, 3.05) is 18.0 Å². The molecule has 1 aromatic carbocycles. The fourth-order valence-corrected chi connectivity index (χ4v) is 1.68. The van der Waals surface area contributed by atoms with Crippen LogP contribution in [0.4, 0.5) is 5.69 Å². The molecule has 3 nitrogen and oxygen atoms in total. The molecule has 1 aromatic rings. The van der Waals surface area contributed by atoms with Crippen molar-refractivity contribution in [3.63, 3.8) is 0 Å². The first-order valence-corrected chi connectivity index (χ1v) is 5.89. The van der Waals surface area contributed by atoms with Gasteiger partial charge in [0.25, 0.3) is 0 Å². The molecule has 0 heterocycles. The monoisotopic (exact) mass is 227 g/mol. The Morgan fingerprint density at radius 2 is 1.53 bits per heavy atom. The molecule has 0 saturated carbocycles. The molecule has 0 aliphatic carbocycles. The van der Waals surface area contributed by atoms with E-state index in [1.165, 1.54) is 5.56 Å². The summed E-state index contributed by atoms with van der Waals surface area (Å²) in [5.41, 5.74) is 2.39. The molecule has 0 bridgehead atoms. The summed E-state index contributed by atoms with van der Waals surface area (Å²) in [6, 6.07) is 12.6. The average molecular weight is 227 g/mol. The lowest BCUT2D eigenvalue weighted by Gasteiger charge is -2.22. The third-order valence-electron chi connectivity index (χ3n) is 2.70. The Hall–Kier alpha value is -2.00. The van der Waals surface area contributed by atoms with Crippen LogP contribution in [-0.2, 0) is 6.42 Å². The first-order chi connectivity index (χ1) is 8.31. The van der Waals surface area contributed by atoms with Crippen molar-refractivity contribution in [3.8, 4) is 12.1 Å². The summed E-state index contributed by atoms with van der Waals surface area (Å²) in [6.45, 7) is 3.49. The molecule has 0 radical (unpaired) electrons. The van der Waals surface area contributed by atoms with Crippen LogP contribution in [0.2, 0.25) is 0 Å². The number of anilines is 1. The van der Waals surface area contributed by atoms with E-state index in [0.717, 1.165) is 12.1 Å². The standard InChI is InChI=1S/C14H17N3/c1-2-13-5-7-14(8-6-13)17(11-3-9-15)12-4-10-16/h5-8H,2-4,11-12H2,1H3. The quantitative estimate of drug-likeness (QED) is 0.750. The van der Waals surface area contributed by atoms with Crippen LogP contribution >= 0.6 is 0 Å². The van der Waals surface area contributed by atoms with E-state index >= 15 is 0 Å². The summed E-state index contributed by atoms with van der Waals surface area (Å²) >= 11 is 0. The summed E-state index contributed by atoms with van der Waals surface area (Å²) in [5.74, 6) is 0. The first-order valence-electron chi connectivity index (χ1n) is 5.89. The zero-order chi connectivity index (χ0) is 12.5. The van der Waals surface area contributed by atoms with Crippen molar-refractivity contribution in [1.29, 1.82) is 10.5 Å². The van der Waals surface area contributed by atoms with Crippen LogP contribution in [0.5, 0.6) is 0 Å². The fraction of sp³-hybridized carbons (Fsp3) is 0.429. The Labute approximate surface area is 103 Å². The van der Waals surface area contributed by atoms with E-state index in [0.29, 0.717) is 25.9 Å². The molecule has 0 unspecified atom stereocenters. The lowest BCUT2D eigenvalue weighted by atomic mass is 10.1. The van der Waals surface area contributed by atoms with Crippen molar-refractivity contribution in [1.82, 2.24) is 0 Å². The van der Waals surface area contributed by atoms with Gasteiger partial charge in [0.05, 0.1) is 25.0 Å². The van der Waals surface area contributed by atoms with Gasteiger partial charge < -0.3 is 4.90 Å². The van der Waals surface area contributed by atoms with Gasteiger partial charge in [-0.15, -0.1) is 0 Å². The van der Waals surface area contributed by atoms with Gasteiger partial charge in [0.1, 0.15) is 0 Å². The van der Waals surface area contributed by atoms with Crippen LogP contribution in [0.3, 0.4) is 0 Å². The summed E-state index contributed by atoms with van der Waals surface area (Å²) in [5, 5.41) is 17.3. The van der Waals surface area contributed by atoms with Crippen molar-refractivity contribution in [3.05, 3.63) is 29.8 Å². The van der Waals surface area contributed by atoms with Crippen LogP contribution in [0.15, 0.2) is 24.3 Å². The Balaban J connectivity index is 2.73. The highest BCUT2D eigenvalue weighted by molar-refractivity contribution is 5.47. The Morgan fingerprint density at radius 1 is 1.00 bits per heavy atom. The SMILES string of the molecule is CCc1ccc(N(CCC#N)CCC#N)cc1. The number of hydrogen-bond donors (Lipinski definition) is 0. The summed E-state index contributed by atoms with van der Waals surface area (Å²) < 4.78 is 0. The van der Waals surface area contributed by atoms with E-state index in [2.05, 4.69) is 48.2 Å². The molecule has 1 rings (SSSR count). The van der Waals surface area contributed by atoms with E-state index < -0.39 is 0 Å². The predicted molar refractivity (Wildman–Crippen MR) is 68.5 cm³/mol. The molecule has 0 saturated heterocycles. The largest absolute Gasteiger partial charge is 0.369 e. The van der Waals surface area contributed by atoms with Gasteiger partial charge in [-0.2, -0.15) is 10.5 Å². The molecule has 0 spiro atoms. The van der Waals surface area contributed by atoms with Crippen molar-refractivity contribution < 1.29 is 0 Å². The molecule has 0 aliphatic heterocycles. The number of aryl methyl sites for hydroxylation is 1. The lowest BCUT2D eigenvalue weighted by Crippen LogP contribution is -2.25. The van der Waals surface area contributed by atoms with E-state index in [9.17, 15) is 0 Å². The normalized spacial score (nSPS) is 9.35. The van der Waals surface area contributed by atoms with E-state index in [4.69, 9.17) is 10.5 Å². The molecular formula is C14H17N3. The summed E-state index contributed by atoms with van der Waals surface area (Å²) in [7, 11) is 0. The van der Waals surface area contributed by atoms with Crippen LogP contribution in [0, 0.1) is 22.7 Å². The zero-order valence-electron chi connectivity index (χ0n) is 10.2. The van der Waals surface area contributed by atoms with Crippen LogP contribution < -0.4 is 4.90 Å². The minimum Gasteiger partial charge on any atom is -0.369 e. The third-order valence-corrected chi connectivity index (χ3v) is 2.70. The third kappa shape index (κ3) is 4.17. The van der Waals surface area contributed by atoms with Crippen LogP contribution in [0.25, 0.3) is 0 Å². The molecule has 0 atom stereocenters. The molecule has 88 valence electrons. The number of hydrogen-bond acceptors (Lipinski definition) is 3. The second-order valence-electron chi connectivity index (χ2n) is 3.82. The minimum atomic E-state index is 0.487. The smallest absolute Gasteiger partial charge is 0.0640 e. The van der Waals surface area contributed by atoms with E-state index in [1.54, 1.807) is 0 Å². The highest BCUT2D eigenvalue weighted by Crippen LogP contribution is 2.16. The number of benzene rings is 1. The number of nitriles is 2. The maximum atomic E-state index is 8.63. The molecule has 0 fully saturated rings. The molecule has 0 aliphatic rings. The van der Waals surface area contributed by atoms with E-state index in [-0.39, 0.29) is 0 Å². The van der Waals surface area contributed by atoms with Crippen molar-refractivity contribution in [2.45, 2.75) is 26.2 Å². The van der Waals surface area contributed by atoms with Crippen LogP contribution in [-0.4, -0.2) is 13.1 Å².